The van der Waals surface area contributed by atoms with Crippen LogP contribution >= 0.6 is 11.6 Å². The lowest BCUT2D eigenvalue weighted by Crippen LogP contribution is -2.19. The summed E-state index contributed by atoms with van der Waals surface area (Å²) in [5.41, 5.74) is 9.37. The van der Waals surface area contributed by atoms with E-state index in [1.807, 2.05) is 36.4 Å². The average Bonchev–Trinajstić information content (AvgIpc) is 2.49. The number of aryl methyl sites for hydroxylation is 1. The van der Waals surface area contributed by atoms with E-state index in [1.165, 1.54) is 5.56 Å². The Morgan fingerprint density at radius 2 is 1.81 bits per heavy atom. The Kier molecular flexibility index (Phi) is 5.97. The molecular formula is C17H20ClNOS. The predicted molar refractivity (Wildman–Crippen MR) is 90.9 cm³/mol. The van der Waals surface area contributed by atoms with Gasteiger partial charge in [-0.25, -0.2) is 0 Å². The van der Waals surface area contributed by atoms with Crippen LogP contribution in [0.15, 0.2) is 48.5 Å². The maximum Gasteiger partial charge on any atom is 0.0501 e. The van der Waals surface area contributed by atoms with Gasteiger partial charge in [0.1, 0.15) is 0 Å². The first-order valence-corrected chi connectivity index (χ1v) is 8.89. The first-order valence-electron chi connectivity index (χ1n) is 7.03. The highest BCUT2D eigenvalue weighted by atomic mass is 35.5. The van der Waals surface area contributed by atoms with E-state index in [2.05, 4.69) is 19.1 Å². The van der Waals surface area contributed by atoms with Crippen molar-refractivity contribution in [2.75, 3.05) is 5.75 Å². The summed E-state index contributed by atoms with van der Waals surface area (Å²) in [6, 6.07) is 15.5. The molecule has 0 bridgehead atoms. The number of nitrogens with two attached hydrogens (primary N) is 1. The Morgan fingerprint density at radius 3 is 2.43 bits per heavy atom. The summed E-state index contributed by atoms with van der Waals surface area (Å²) >= 11 is 6.09. The van der Waals surface area contributed by atoms with Gasteiger partial charge >= 0.3 is 0 Å². The molecule has 2 aromatic carbocycles. The lowest BCUT2D eigenvalue weighted by Gasteiger charge is -2.13. The van der Waals surface area contributed by atoms with Crippen molar-refractivity contribution < 1.29 is 4.21 Å². The van der Waals surface area contributed by atoms with Gasteiger partial charge in [0.25, 0.3) is 0 Å². The molecule has 2 aromatic rings. The normalized spacial score (nSPS) is 13.9. The molecule has 0 amide bonds. The van der Waals surface area contributed by atoms with E-state index in [-0.39, 0.29) is 6.04 Å². The van der Waals surface area contributed by atoms with Crippen molar-refractivity contribution in [1.82, 2.24) is 0 Å². The Hall–Kier alpha value is -1.16. The molecule has 0 aliphatic rings. The van der Waals surface area contributed by atoms with Crippen molar-refractivity contribution in [3.8, 4) is 0 Å². The predicted octanol–water partition coefficient (Wildman–Crippen LogP) is 3.85. The van der Waals surface area contributed by atoms with Crippen LogP contribution in [0.25, 0.3) is 0 Å². The lowest BCUT2D eigenvalue weighted by atomic mass is 10.1. The van der Waals surface area contributed by atoms with Crippen molar-refractivity contribution in [3.63, 3.8) is 0 Å². The third-order valence-electron chi connectivity index (χ3n) is 3.46. The summed E-state index contributed by atoms with van der Waals surface area (Å²) in [7, 11) is -1.03. The lowest BCUT2D eigenvalue weighted by molar-refractivity contribution is 0.674. The van der Waals surface area contributed by atoms with Crippen LogP contribution in [0.4, 0.5) is 0 Å². The average molecular weight is 322 g/mol. The molecule has 0 aliphatic carbocycles. The second-order valence-corrected chi connectivity index (χ2v) is 6.95. The van der Waals surface area contributed by atoms with E-state index in [4.69, 9.17) is 17.3 Å². The summed E-state index contributed by atoms with van der Waals surface area (Å²) in [5, 5.41) is 0.659. The van der Waals surface area contributed by atoms with Gasteiger partial charge in [0.2, 0.25) is 0 Å². The number of halogens is 1. The largest absolute Gasteiger partial charge is 0.323 e. The van der Waals surface area contributed by atoms with Crippen LogP contribution in [0.5, 0.6) is 0 Å². The summed E-state index contributed by atoms with van der Waals surface area (Å²) in [5.74, 6) is 0.886. The van der Waals surface area contributed by atoms with Crippen LogP contribution in [-0.2, 0) is 23.0 Å². The molecule has 0 aromatic heterocycles. The van der Waals surface area contributed by atoms with Crippen LogP contribution in [0.3, 0.4) is 0 Å². The maximum absolute atomic E-state index is 12.2. The minimum absolute atomic E-state index is 0.209. The number of rotatable bonds is 6. The zero-order valence-electron chi connectivity index (χ0n) is 12.1. The van der Waals surface area contributed by atoms with Gasteiger partial charge in [-0.3, -0.25) is 4.21 Å². The molecule has 0 saturated heterocycles. The molecule has 0 heterocycles. The highest BCUT2D eigenvalue weighted by Crippen LogP contribution is 2.19. The molecule has 2 N–H and O–H groups in total. The fourth-order valence-electron chi connectivity index (χ4n) is 2.14. The molecule has 0 radical (unpaired) electrons. The number of hydrogen-bond acceptors (Lipinski definition) is 2. The van der Waals surface area contributed by atoms with Crippen molar-refractivity contribution >= 4 is 22.4 Å². The molecule has 0 spiro atoms. The van der Waals surface area contributed by atoms with E-state index >= 15 is 0 Å². The summed E-state index contributed by atoms with van der Waals surface area (Å²) in [6.07, 6.45) is 1.01. The molecule has 2 atom stereocenters. The number of benzene rings is 2. The van der Waals surface area contributed by atoms with Gasteiger partial charge < -0.3 is 5.73 Å². The molecule has 0 fully saturated rings. The van der Waals surface area contributed by atoms with Gasteiger partial charge in [0.15, 0.2) is 0 Å². The first kappa shape index (κ1) is 16.2. The Balaban J connectivity index is 1.97. The summed E-state index contributed by atoms with van der Waals surface area (Å²) < 4.78 is 12.2. The van der Waals surface area contributed by atoms with Crippen LogP contribution in [-0.4, -0.2) is 9.96 Å². The topological polar surface area (TPSA) is 43.1 Å². The molecule has 2 rings (SSSR count). The third-order valence-corrected chi connectivity index (χ3v) is 5.19. The van der Waals surface area contributed by atoms with Crippen molar-refractivity contribution in [2.45, 2.75) is 25.1 Å². The second-order valence-electron chi connectivity index (χ2n) is 5.04. The van der Waals surface area contributed by atoms with E-state index < -0.39 is 10.8 Å². The van der Waals surface area contributed by atoms with E-state index in [0.717, 1.165) is 17.5 Å². The van der Waals surface area contributed by atoms with Gasteiger partial charge in [0.05, 0.1) is 5.75 Å². The highest BCUT2D eigenvalue weighted by Gasteiger charge is 2.12. The Labute approximate surface area is 133 Å². The molecule has 112 valence electrons. The van der Waals surface area contributed by atoms with Crippen molar-refractivity contribution in [2.24, 2.45) is 5.73 Å². The fourth-order valence-corrected chi connectivity index (χ4v) is 3.74. The van der Waals surface area contributed by atoms with E-state index in [1.54, 1.807) is 0 Å². The van der Waals surface area contributed by atoms with Gasteiger partial charge in [-0.1, -0.05) is 61.0 Å². The molecule has 2 nitrogen and oxygen atoms in total. The Morgan fingerprint density at radius 1 is 1.14 bits per heavy atom. The number of hydrogen-bond donors (Lipinski definition) is 1. The third kappa shape index (κ3) is 4.67. The van der Waals surface area contributed by atoms with Gasteiger partial charge in [-0.15, -0.1) is 0 Å². The quantitative estimate of drug-likeness (QED) is 0.878. The molecule has 4 heteroatoms. The van der Waals surface area contributed by atoms with E-state index in [9.17, 15) is 4.21 Å². The maximum atomic E-state index is 12.2. The fraction of sp³-hybridized carbons (Fsp3) is 0.294. The minimum Gasteiger partial charge on any atom is -0.323 e. The van der Waals surface area contributed by atoms with Gasteiger partial charge in [-0.05, 0) is 29.2 Å². The Bertz CT molecular complexity index is 612. The van der Waals surface area contributed by atoms with Crippen molar-refractivity contribution in [3.05, 3.63) is 70.2 Å². The van der Waals surface area contributed by atoms with Crippen LogP contribution in [0.2, 0.25) is 5.02 Å². The zero-order valence-corrected chi connectivity index (χ0v) is 13.7. The SMILES string of the molecule is CCc1ccc(C(N)CS(=O)Cc2ccccc2Cl)cc1. The van der Waals surface area contributed by atoms with Crippen molar-refractivity contribution in [1.29, 1.82) is 0 Å². The molecular weight excluding hydrogens is 302 g/mol. The first-order chi connectivity index (χ1) is 10.1. The minimum atomic E-state index is -1.03. The summed E-state index contributed by atoms with van der Waals surface area (Å²) in [4.78, 5) is 0. The molecule has 21 heavy (non-hydrogen) atoms. The van der Waals surface area contributed by atoms with Crippen LogP contribution in [0, 0.1) is 0 Å². The monoisotopic (exact) mass is 321 g/mol. The zero-order chi connectivity index (χ0) is 15.2. The second kappa shape index (κ2) is 7.74. The molecule has 0 saturated carbocycles. The van der Waals surface area contributed by atoms with Crippen LogP contribution in [0.1, 0.15) is 29.7 Å². The standard InChI is InChI=1S/C17H20ClNOS/c1-2-13-7-9-14(10-8-13)17(19)12-21(20)11-15-5-3-4-6-16(15)18/h3-10,17H,2,11-12,19H2,1H3. The summed E-state index contributed by atoms with van der Waals surface area (Å²) in [6.45, 7) is 2.12. The van der Waals surface area contributed by atoms with Crippen LogP contribution < -0.4 is 5.73 Å². The molecule has 2 unspecified atom stereocenters. The van der Waals surface area contributed by atoms with Gasteiger partial charge in [0, 0.05) is 27.6 Å². The van der Waals surface area contributed by atoms with Gasteiger partial charge in [-0.2, -0.15) is 0 Å². The van der Waals surface area contributed by atoms with E-state index in [0.29, 0.717) is 16.5 Å². The smallest absolute Gasteiger partial charge is 0.0501 e. The molecule has 0 aliphatic heterocycles. The highest BCUT2D eigenvalue weighted by molar-refractivity contribution is 7.84.